The Balaban J connectivity index is 1.10. The third-order valence-corrected chi connectivity index (χ3v) is 15.3. The first-order valence-corrected chi connectivity index (χ1v) is 20.6. The van der Waals surface area contributed by atoms with Crippen molar-refractivity contribution < 1.29 is 32.6 Å². The van der Waals surface area contributed by atoms with Crippen LogP contribution in [0, 0.1) is 34.0 Å². The van der Waals surface area contributed by atoms with Crippen LogP contribution in [-0.4, -0.2) is 54.1 Å². The van der Waals surface area contributed by atoms with Crippen LogP contribution >= 0.6 is 23.1 Å². The number of benzene rings is 2. The SMILES string of the molecule is C=C[C@]1(C)C[C@@H](OC(=O)CSc2ccc(C(=O)Nc3ccc(S(=O)(=O)Nc4nccs4)cc3)cc2)[C@]2(C)[C@H](C)CC[C@]3(CCC(=O)[C@H]32)[C@@H](C)[C@@H]1O. The Labute approximate surface area is 307 Å². The maximum atomic E-state index is 13.6. The number of Topliss-reactive ketones (excluding diaryl/α,β-unsaturated/α-hetero) is 1. The lowest BCUT2D eigenvalue weighted by Crippen LogP contribution is -2.63. The zero-order valence-electron chi connectivity index (χ0n) is 29.3. The smallest absolute Gasteiger partial charge is 0.316 e. The van der Waals surface area contributed by atoms with Gasteiger partial charge in [-0.2, -0.15) is 0 Å². The molecule has 3 N–H and O–H groups in total. The second-order valence-electron chi connectivity index (χ2n) is 14.8. The van der Waals surface area contributed by atoms with E-state index in [-0.39, 0.29) is 50.6 Å². The number of esters is 1. The Morgan fingerprint density at radius 2 is 1.82 bits per heavy atom. The Morgan fingerprint density at radius 3 is 2.47 bits per heavy atom. The molecule has 3 aliphatic rings. The molecule has 272 valence electrons. The van der Waals surface area contributed by atoms with E-state index in [1.165, 1.54) is 53.6 Å². The Bertz CT molecular complexity index is 1900. The van der Waals surface area contributed by atoms with Crippen LogP contribution < -0.4 is 10.0 Å². The normalized spacial score (nSPS) is 31.9. The maximum Gasteiger partial charge on any atom is 0.316 e. The van der Waals surface area contributed by atoms with E-state index >= 15 is 0 Å². The highest BCUT2D eigenvalue weighted by molar-refractivity contribution is 8.00. The molecule has 1 amide bonds. The minimum Gasteiger partial charge on any atom is -0.461 e. The van der Waals surface area contributed by atoms with Crippen molar-refractivity contribution in [1.82, 2.24) is 4.98 Å². The van der Waals surface area contributed by atoms with Crippen molar-refractivity contribution in [3.8, 4) is 0 Å². The van der Waals surface area contributed by atoms with Crippen LogP contribution in [0.2, 0.25) is 0 Å². The lowest BCUT2D eigenvalue weighted by molar-refractivity contribution is -0.205. The number of sulfonamides is 1. The Morgan fingerprint density at radius 1 is 1.12 bits per heavy atom. The molecule has 0 unspecified atom stereocenters. The molecule has 8 atom stereocenters. The molecule has 51 heavy (non-hydrogen) atoms. The van der Waals surface area contributed by atoms with Crippen LogP contribution in [-0.2, 0) is 24.3 Å². The highest BCUT2D eigenvalue weighted by Gasteiger charge is 2.68. The van der Waals surface area contributed by atoms with E-state index in [9.17, 15) is 27.9 Å². The number of nitrogens with zero attached hydrogens (tertiary/aromatic N) is 1. The first-order valence-electron chi connectivity index (χ1n) is 17.2. The van der Waals surface area contributed by atoms with Crippen LogP contribution in [0.25, 0.3) is 0 Å². The lowest BCUT2D eigenvalue weighted by atomic mass is 9.44. The van der Waals surface area contributed by atoms with E-state index in [1.807, 2.05) is 6.92 Å². The van der Waals surface area contributed by atoms with E-state index in [0.29, 0.717) is 24.1 Å². The molecule has 3 aliphatic carbocycles. The van der Waals surface area contributed by atoms with Gasteiger partial charge in [0.2, 0.25) is 0 Å². The van der Waals surface area contributed by atoms with Gasteiger partial charge in [-0.1, -0.05) is 33.8 Å². The second kappa shape index (κ2) is 14.1. The number of carbonyl (C=O) groups is 3. The highest BCUT2D eigenvalue weighted by Crippen LogP contribution is 2.68. The molecular formula is C38H45N3O7S3. The van der Waals surface area contributed by atoms with Crippen LogP contribution in [0.3, 0.4) is 0 Å². The lowest BCUT2D eigenvalue weighted by Gasteiger charge is -2.61. The van der Waals surface area contributed by atoms with E-state index in [1.54, 1.807) is 35.7 Å². The number of aliphatic hydroxyl groups excluding tert-OH is 1. The monoisotopic (exact) mass is 751 g/mol. The summed E-state index contributed by atoms with van der Waals surface area (Å²) in [6.07, 6.45) is 5.39. The molecule has 6 rings (SSSR count). The number of ether oxygens (including phenoxy) is 1. The summed E-state index contributed by atoms with van der Waals surface area (Å²) in [5.41, 5.74) is -0.795. The Kier molecular flexibility index (Phi) is 10.3. The van der Waals surface area contributed by atoms with Crippen molar-refractivity contribution in [2.24, 2.45) is 34.0 Å². The predicted octanol–water partition coefficient (Wildman–Crippen LogP) is 7.19. The number of rotatable bonds is 10. The molecule has 1 aromatic heterocycles. The average molecular weight is 752 g/mol. The number of nitrogens with one attached hydrogen (secondary N) is 2. The van der Waals surface area contributed by atoms with Crippen molar-refractivity contribution in [3.63, 3.8) is 0 Å². The van der Waals surface area contributed by atoms with Crippen molar-refractivity contribution in [3.05, 3.63) is 78.3 Å². The molecule has 0 saturated heterocycles. The molecule has 0 aliphatic heterocycles. The minimum atomic E-state index is -3.81. The second-order valence-corrected chi connectivity index (χ2v) is 18.4. The van der Waals surface area contributed by atoms with Gasteiger partial charge in [-0.05, 0) is 91.5 Å². The molecule has 3 fully saturated rings. The predicted molar refractivity (Wildman–Crippen MR) is 199 cm³/mol. The van der Waals surface area contributed by atoms with E-state index in [2.05, 4.69) is 42.4 Å². The van der Waals surface area contributed by atoms with Gasteiger partial charge in [0.1, 0.15) is 11.9 Å². The molecule has 1 heterocycles. The summed E-state index contributed by atoms with van der Waals surface area (Å²) in [5.74, 6) is -0.752. The number of ketones is 1. The molecule has 13 heteroatoms. The Hall–Kier alpha value is -3.52. The maximum absolute atomic E-state index is 13.6. The molecule has 2 bridgehead atoms. The van der Waals surface area contributed by atoms with Gasteiger partial charge in [-0.3, -0.25) is 19.1 Å². The van der Waals surface area contributed by atoms with Gasteiger partial charge in [0.15, 0.2) is 5.13 Å². The van der Waals surface area contributed by atoms with Crippen molar-refractivity contribution in [1.29, 1.82) is 0 Å². The molecule has 0 radical (unpaired) electrons. The van der Waals surface area contributed by atoms with Crippen LogP contribution in [0.1, 0.15) is 70.2 Å². The number of aromatic nitrogens is 1. The molecule has 10 nitrogen and oxygen atoms in total. The summed E-state index contributed by atoms with van der Waals surface area (Å²) in [5, 5.41) is 16.4. The summed E-state index contributed by atoms with van der Waals surface area (Å²) in [6, 6.07) is 12.6. The largest absolute Gasteiger partial charge is 0.461 e. The summed E-state index contributed by atoms with van der Waals surface area (Å²) in [7, 11) is -3.81. The van der Waals surface area contributed by atoms with Gasteiger partial charge in [-0.15, -0.1) is 29.7 Å². The fourth-order valence-electron chi connectivity index (χ4n) is 8.91. The van der Waals surface area contributed by atoms with Gasteiger partial charge >= 0.3 is 5.97 Å². The summed E-state index contributed by atoms with van der Waals surface area (Å²) >= 11 is 2.46. The summed E-state index contributed by atoms with van der Waals surface area (Å²) < 4.78 is 34.0. The molecule has 3 aromatic rings. The number of thiazole rings is 1. The third kappa shape index (κ3) is 6.90. The summed E-state index contributed by atoms with van der Waals surface area (Å²) in [4.78, 5) is 44.9. The number of carbonyl (C=O) groups excluding carboxylic acids is 3. The van der Waals surface area contributed by atoms with Gasteiger partial charge in [0.05, 0.1) is 16.8 Å². The average Bonchev–Trinajstić information content (AvgIpc) is 3.75. The zero-order chi connectivity index (χ0) is 36.8. The molecular weight excluding hydrogens is 707 g/mol. The van der Waals surface area contributed by atoms with Gasteiger partial charge in [0, 0.05) is 50.9 Å². The topological polar surface area (TPSA) is 152 Å². The van der Waals surface area contributed by atoms with E-state index in [0.717, 1.165) is 24.2 Å². The fraction of sp³-hybridized carbons (Fsp3) is 0.474. The highest BCUT2D eigenvalue weighted by atomic mass is 32.2. The number of aliphatic hydroxyl groups is 1. The van der Waals surface area contributed by atoms with Gasteiger partial charge < -0.3 is 15.2 Å². The van der Waals surface area contributed by atoms with E-state index < -0.39 is 39.0 Å². The zero-order valence-corrected chi connectivity index (χ0v) is 31.7. The molecule has 3 saturated carbocycles. The number of hydrogen-bond donors (Lipinski definition) is 3. The van der Waals surface area contributed by atoms with Crippen molar-refractivity contribution in [2.45, 2.75) is 81.8 Å². The number of thioether (sulfide) groups is 1. The number of hydrogen-bond acceptors (Lipinski definition) is 10. The standard InChI is InChI=1S/C38H45N3O7S3/c1-6-36(4)21-30(37(5)23(2)15-17-38(24(3)33(36)44)18-16-29(42)32(37)38)48-31(43)22-50-27-11-7-25(8-12-27)34(45)40-26-9-13-28(14-10-26)51(46,47)41-35-39-19-20-49-35/h6-14,19-20,23-24,30,32-33,44H,1,15-18,21-22H2,2-5H3,(H,39,41)(H,40,45)/t23-,24+,30-,32+,33+,36-,37+,38+/m1/s1. The van der Waals surface area contributed by atoms with Crippen LogP contribution in [0.5, 0.6) is 0 Å². The summed E-state index contributed by atoms with van der Waals surface area (Å²) in [6.45, 7) is 12.4. The number of amides is 1. The van der Waals surface area contributed by atoms with Crippen LogP contribution in [0.4, 0.5) is 10.8 Å². The number of anilines is 2. The van der Waals surface area contributed by atoms with Crippen LogP contribution in [0.15, 0.2) is 82.6 Å². The first kappa shape index (κ1) is 37.2. The quantitative estimate of drug-likeness (QED) is 0.111. The third-order valence-electron chi connectivity index (χ3n) is 12.1. The first-order chi connectivity index (χ1) is 24.1. The van der Waals surface area contributed by atoms with Crippen molar-refractivity contribution >= 4 is 61.6 Å². The molecule has 0 spiro atoms. The van der Waals surface area contributed by atoms with Crippen molar-refractivity contribution in [2.75, 3.05) is 15.8 Å². The minimum absolute atomic E-state index is 0.0344. The van der Waals surface area contributed by atoms with Gasteiger partial charge in [-0.25, -0.2) is 13.4 Å². The van der Waals surface area contributed by atoms with E-state index in [4.69, 9.17) is 4.74 Å². The molecule has 2 aromatic carbocycles. The fourth-order valence-corrected chi connectivity index (χ4v) is 11.4. The van der Waals surface area contributed by atoms with Gasteiger partial charge in [0.25, 0.3) is 15.9 Å².